The summed E-state index contributed by atoms with van der Waals surface area (Å²) in [6, 6.07) is 0. The zero-order valence-corrected chi connectivity index (χ0v) is 3.90. The molecule has 40 valence electrons. The largest absolute Gasteiger partial charge is 0.497 e. The molecular weight excluding hydrogens is 158 g/mol. The fraction of sp³-hybridized carbons (Fsp3) is 0. The van der Waals surface area contributed by atoms with E-state index in [-0.39, 0.29) is 40.9 Å². The molecule has 0 saturated heterocycles. The third-order valence-electron chi connectivity index (χ3n) is 0.0714. The summed E-state index contributed by atoms with van der Waals surface area (Å²) >= 11 is -0.0836. The third-order valence-corrected chi connectivity index (χ3v) is 0.643. The maximum atomic E-state index is 9.11. The summed E-state index contributed by atoms with van der Waals surface area (Å²) < 4.78 is 30.4. The van der Waals surface area contributed by atoms with Gasteiger partial charge in [0.05, 0.1) is 0 Å². The first-order valence-corrected chi connectivity index (χ1v) is 2.31. The van der Waals surface area contributed by atoms with Crippen molar-refractivity contribution in [2.24, 2.45) is 0 Å². The molecule has 0 aliphatic carbocycles. The van der Waals surface area contributed by atoms with Gasteiger partial charge in [-0.1, -0.05) is 0 Å². The van der Waals surface area contributed by atoms with Gasteiger partial charge in [0.25, 0.3) is 0 Å². The van der Waals surface area contributed by atoms with Gasteiger partial charge in [0.1, 0.15) is 0 Å². The van der Waals surface area contributed by atoms with Gasteiger partial charge < -0.3 is 14.0 Å². The van der Waals surface area contributed by atoms with Crippen LogP contribution in [0.2, 0.25) is 0 Å². The molecule has 0 radical (unpaired) electrons. The molecule has 0 aliphatic rings. The number of hydrogen-bond acceptors (Lipinski definition) is 4. The summed E-state index contributed by atoms with van der Waals surface area (Å²) in [6.45, 7) is 0. The molecule has 0 aromatic rings. The average Bonchev–Trinajstić information content (AvgIpc) is 1.35. The van der Waals surface area contributed by atoms with E-state index < -0.39 is 10.8 Å². The molecule has 0 atom stereocenters. The van der Waals surface area contributed by atoms with Gasteiger partial charge in [0.2, 0.25) is 0 Å². The Hall–Kier alpha value is 1.42. The fourth-order valence-electron chi connectivity index (χ4n) is 0.0194. The summed E-state index contributed by atoms with van der Waals surface area (Å²) in [7, 11) is -2.40. The van der Waals surface area contributed by atoms with Gasteiger partial charge in [-0.05, 0) is 0 Å². The third kappa shape index (κ3) is 11.2. The van der Waals surface area contributed by atoms with Crippen LogP contribution in [0, 0.1) is 22.1 Å². The fourth-order valence-corrected chi connectivity index (χ4v) is 0.175. The van der Waals surface area contributed by atoms with E-state index in [1.165, 1.54) is 0 Å². The minimum atomic E-state index is -2.40. The van der Waals surface area contributed by atoms with Crippen LogP contribution in [0.5, 0.6) is 0 Å². The summed E-state index contributed by atoms with van der Waals surface area (Å²) in [5.74, 6) is 0. The van der Waals surface area contributed by atoms with Crippen LogP contribution in [0.25, 0.3) is 0 Å². The topological polar surface area (TPSA) is 78.4 Å². The van der Waals surface area contributed by atoms with Crippen LogP contribution < -0.4 is 14.0 Å². The van der Waals surface area contributed by atoms with Crippen molar-refractivity contribution in [3.63, 3.8) is 0 Å². The van der Waals surface area contributed by atoms with Gasteiger partial charge in [-0.25, -0.2) is 0 Å². The van der Waals surface area contributed by atoms with E-state index >= 15 is 0 Å². The van der Waals surface area contributed by atoms with Crippen LogP contribution >= 0.6 is 0 Å². The van der Waals surface area contributed by atoms with Gasteiger partial charge in [0.15, 0.2) is 0 Å². The number of halogens is 2. The molecule has 0 aromatic heterocycles. The summed E-state index contributed by atoms with van der Waals surface area (Å²) in [4.78, 5) is 0. The van der Waals surface area contributed by atoms with Crippen molar-refractivity contribution in [3.8, 4) is 0 Å². The molecule has 7 heteroatoms. The predicted octanol–water partition coefficient (Wildman–Crippen LogP) is -4.28. The summed E-state index contributed by atoms with van der Waals surface area (Å²) in [5, 5.41) is 0. The van der Waals surface area contributed by atoms with Gasteiger partial charge in [-0.15, -0.1) is 0 Å². The summed E-state index contributed by atoms with van der Waals surface area (Å²) in [6.07, 6.45) is 0. The van der Waals surface area contributed by atoms with E-state index in [2.05, 4.69) is 3.84 Å². The Kier molecular flexibility index (Phi) is 11.9. The van der Waals surface area contributed by atoms with E-state index in [4.69, 9.17) is 14.0 Å². The normalized spacial score (nSPS) is 8.57. The van der Waals surface area contributed by atoms with Crippen LogP contribution in [0.4, 0.5) is 0 Å². The Morgan fingerprint density at radius 1 is 1.43 bits per heavy atom. The maximum absolute atomic E-state index is 9.11. The van der Waals surface area contributed by atoms with E-state index in [0.29, 0.717) is 0 Å². The molecule has 4 nitrogen and oxygen atoms in total. The molecule has 7 heavy (non-hydrogen) atoms. The van der Waals surface area contributed by atoms with Crippen molar-refractivity contribution in [3.05, 3.63) is 0 Å². The first-order valence-electron chi connectivity index (χ1n) is 0.772. The van der Waals surface area contributed by atoms with Gasteiger partial charge >= 0.3 is 55.5 Å². The minimum Gasteiger partial charge on any atom is -0.497 e. The monoisotopic (exact) mass is 158 g/mol. The van der Waals surface area contributed by atoms with Crippen molar-refractivity contribution in [2.75, 3.05) is 0 Å². The molecule has 0 unspecified atom stereocenters. The molecule has 0 aromatic carbocycles. The zero-order chi connectivity index (χ0) is 4.99. The second-order valence-electron chi connectivity index (χ2n) is 0.310. The van der Waals surface area contributed by atoms with Gasteiger partial charge in [-0.2, -0.15) is 0 Å². The first-order chi connectivity index (χ1) is 2.77. The molecular formula is HCl2NaO4. The number of rotatable bonds is 2. The average molecular weight is 159 g/mol. The van der Waals surface area contributed by atoms with E-state index in [0.717, 1.165) is 0 Å². The summed E-state index contributed by atoms with van der Waals surface area (Å²) in [5.41, 5.74) is 0. The first kappa shape index (κ1) is 11.2. The Bertz CT molecular complexity index is 30.9. The molecule has 0 rings (SSSR count). The Labute approximate surface area is 69.2 Å². The maximum Gasteiger partial charge on any atom is 0.451 e. The molecule has 0 heterocycles. The van der Waals surface area contributed by atoms with E-state index in [1.54, 1.807) is 0 Å². The molecule has 0 N–H and O–H groups in total. The smallest absolute Gasteiger partial charge is 0.451 e. The van der Waals surface area contributed by atoms with Crippen LogP contribution in [-0.4, -0.2) is 29.6 Å². The molecule has 0 spiro atoms. The zero-order valence-electron chi connectivity index (χ0n) is 2.39. The van der Waals surface area contributed by atoms with Crippen molar-refractivity contribution >= 4 is 29.6 Å². The van der Waals surface area contributed by atoms with Crippen LogP contribution in [0.3, 0.4) is 0 Å². The second kappa shape index (κ2) is 7.42. The Morgan fingerprint density at radius 2 is 1.86 bits per heavy atom. The van der Waals surface area contributed by atoms with Gasteiger partial charge in [-0.3, -0.25) is 0 Å². The number of hydrogen-bond donors (Lipinski definition) is 0. The molecule has 0 bridgehead atoms. The molecule has 0 aliphatic heterocycles. The SMILES string of the molecule is [NaH].[O-][Cl+]O[Cl+2]([O-])[O-]. The van der Waals surface area contributed by atoms with Crippen LogP contribution in [0.1, 0.15) is 0 Å². The van der Waals surface area contributed by atoms with Gasteiger partial charge in [0, 0.05) is 0 Å². The quantitative estimate of drug-likeness (QED) is 0.382. The minimum absolute atomic E-state index is 0. The van der Waals surface area contributed by atoms with Crippen LogP contribution in [-0.2, 0) is 3.84 Å². The predicted molar refractivity (Wildman–Crippen MR) is 8.23 cm³/mol. The second-order valence-corrected chi connectivity index (χ2v) is 1.28. The molecule has 0 fully saturated rings. The Balaban J connectivity index is 0. The van der Waals surface area contributed by atoms with E-state index in [1.807, 2.05) is 0 Å². The van der Waals surface area contributed by atoms with Crippen molar-refractivity contribution in [1.29, 1.82) is 0 Å². The Morgan fingerprint density at radius 3 is 1.86 bits per heavy atom. The molecule has 0 saturated carbocycles. The van der Waals surface area contributed by atoms with Crippen molar-refractivity contribution in [1.82, 2.24) is 0 Å². The van der Waals surface area contributed by atoms with E-state index in [9.17, 15) is 0 Å². The standard InChI is InChI=1S/Cl2O4.Na.H/c3-1-6-2(4)5;;. The molecule has 0 amide bonds. The van der Waals surface area contributed by atoms with Crippen molar-refractivity contribution in [2.45, 2.75) is 0 Å². The van der Waals surface area contributed by atoms with Crippen LogP contribution in [0.15, 0.2) is 0 Å². The van der Waals surface area contributed by atoms with Crippen molar-refractivity contribution < 1.29 is 39.9 Å².